The minimum atomic E-state index is 0.127. The van der Waals surface area contributed by atoms with Crippen LogP contribution in [0.2, 0.25) is 0 Å². The van der Waals surface area contributed by atoms with E-state index in [4.69, 9.17) is 4.74 Å². The fraction of sp³-hybridized carbons (Fsp3) is 0.625. The van der Waals surface area contributed by atoms with E-state index in [-0.39, 0.29) is 11.7 Å². The lowest BCUT2D eigenvalue weighted by molar-refractivity contribution is -0.114. The first-order chi connectivity index (χ1) is 8.69. The molecule has 1 aromatic carbocycles. The van der Waals surface area contributed by atoms with Gasteiger partial charge in [-0.1, -0.05) is 31.0 Å². The molecule has 1 N–H and O–H groups in total. The number of hydrogen-bond donors (Lipinski definition) is 1. The van der Waals surface area contributed by atoms with Crippen LogP contribution in [0.15, 0.2) is 18.2 Å². The molecule has 1 spiro atoms. The molecule has 0 amide bonds. The van der Waals surface area contributed by atoms with E-state index >= 15 is 0 Å². The summed E-state index contributed by atoms with van der Waals surface area (Å²) in [6.45, 7) is 6.33. The van der Waals surface area contributed by atoms with E-state index in [1.165, 1.54) is 42.4 Å². The van der Waals surface area contributed by atoms with Gasteiger partial charge in [0, 0.05) is 13.1 Å². The molecule has 1 aliphatic heterocycles. The minimum Gasteiger partial charge on any atom is -0.364 e. The van der Waals surface area contributed by atoms with E-state index in [0.29, 0.717) is 0 Å². The molecule has 3 rings (SSSR count). The largest absolute Gasteiger partial charge is 0.364 e. The maximum atomic E-state index is 6.45. The van der Waals surface area contributed by atoms with Crippen molar-refractivity contribution in [3.63, 3.8) is 0 Å². The Hall–Kier alpha value is -0.860. The highest BCUT2D eigenvalue weighted by molar-refractivity contribution is 5.31. The highest BCUT2D eigenvalue weighted by Crippen LogP contribution is 2.39. The van der Waals surface area contributed by atoms with Gasteiger partial charge in [-0.3, -0.25) is 0 Å². The lowest BCUT2D eigenvalue weighted by atomic mass is 9.96. The van der Waals surface area contributed by atoms with Crippen LogP contribution in [0.1, 0.15) is 48.5 Å². The summed E-state index contributed by atoms with van der Waals surface area (Å²) in [6, 6.07) is 6.72. The van der Waals surface area contributed by atoms with Gasteiger partial charge in [0.1, 0.15) is 0 Å². The van der Waals surface area contributed by atoms with Crippen molar-refractivity contribution in [3.05, 3.63) is 34.9 Å². The van der Waals surface area contributed by atoms with Crippen LogP contribution in [-0.4, -0.2) is 18.7 Å². The summed E-state index contributed by atoms with van der Waals surface area (Å²) in [5.41, 5.74) is 4.18. The average molecular weight is 245 g/mol. The number of rotatable bonds is 1. The molecule has 0 aromatic heterocycles. The van der Waals surface area contributed by atoms with Crippen molar-refractivity contribution in [1.29, 1.82) is 0 Å². The van der Waals surface area contributed by atoms with E-state index in [9.17, 15) is 0 Å². The van der Waals surface area contributed by atoms with Crippen LogP contribution in [0.5, 0.6) is 0 Å². The van der Waals surface area contributed by atoms with Crippen molar-refractivity contribution in [1.82, 2.24) is 5.32 Å². The fourth-order valence-electron chi connectivity index (χ4n) is 3.28. The molecule has 2 aliphatic rings. The normalized spacial score (nSPS) is 26.7. The molecule has 1 aromatic rings. The van der Waals surface area contributed by atoms with Crippen LogP contribution in [0.3, 0.4) is 0 Å². The summed E-state index contributed by atoms with van der Waals surface area (Å²) in [6.07, 6.45) is 5.32. The highest BCUT2D eigenvalue weighted by atomic mass is 16.5. The Morgan fingerprint density at radius 1 is 1.17 bits per heavy atom. The molecule has 1 heterocycles. The van der Waals surface area contributed by atoms with Crippen LogP contribution >= 0.6 is 0 Å². The number of ether oxygens (including phenoxy) is 1. The molecule has 0 bridgehead atoms. The quantitative estimate of drug-likeness (QED) is 0.820. The van der Waals surface area contributed by atoms with Crippen LogP contribution < -0.4 is 5.32 Å². The zero-order valence-corrected chi connectivity index (χ0v) is 11.5. The SMILES string of the molecule is Cc1ccc(C2CNCC3(CCCC3)O2)cc1C. The maximum absolute atomic E-state index is 6.45. The summed E-state index contributed by atoms with van der Waals surface area (Å²) in [7, 11) is 0. The monoisotopic (exact) mass is 245 g/mol. The molecular weight excluding hydrogens is 222 g/mol. The molecule has 98 valence electrons. The van der Waals surface area contributed by atoms with Gasteiger partial charge in [0.25, 0.3) is 0 Å². The van der Waals surface area contributed by atoms with Crippen molar-refractivity contribution in [2.75, 3.05) is 13.1 Å². The molecule has 0 radical (unpaired) electrons. The summed E-state index contributed by atoms with van der Waals surface area (Å²) in [5.74, 6) is 0. The van der Waals surface area contributed by atoms with Crippen molar-refractivity contribution < 1.29 is 4.74 Å². The smallest absolute Gasteiger partial charge is 0.0957 e. The summed E-state index contributed by atoms with van der Waals surface area (Å²) < 4.78 is 6.45. The van der Waals surface area contributed by atoms with Gasteiger partial charge < -0.3 is 10.1 Å². The standard InChI is InChI=1S/C16H23NO/c1-12-5-6-14(9-13(12)2)15-10-17-11-16(18-15)7-3-4-8-16/h5-6,9,15,17H,3-4,7-8,10-11H2,1-2H3. The number of morpholine rings is 1. The summed E-state index contributed by atoms with van der Waals surface area (Å²) in [4.78, 5) is 0. The maximum Gasteiger partial charge on any atom is 0.0957 e. The first-order valence-corrected chi connectivity index (χ1v) is 7.14. The van der Waals surface area contributed by atoms with Gasteiger partial charge >= 0.3 is 0 Å². The first-order valence-electron chi connectivity index (χ1n) is 7.14. The highest BCUT2D eigenvalue weighted by Gasteiger charge is 2.39. The molecule has 2 heteroatoms. The molecular formula is C16H23NO. The number of nitrogens with one attached hydrogen (secondary N) is 1. The molecule has 2 fully saturated rings. The van der Waals surface area contributed by atoms with Crippen LogP contribution in [0, 0.1) is 13.8 Å². The van der Waals surface area contributed by atoms with Gasteiger partial charge in [-0.05, 0) is 43.4 Å². The summed E-state index contributed by atoms with van der Waals surface area (Å²) in [5, 5.41) is 3.58. The third-order valence-corrected chi connectivity index (χ3v) is 4.59. The van der Waals surface area contributed by atoms with Crippen molar-refractivity contribution in [2.45, 2.75) is 51.2 Å². The Balaban J connectivity index is 1.81. The van der Waals surface area contributed by atoms with Gasteiger partial charge in [0.15, 0.2) is 0 Å². The predicted octanol–water partition coefficient (Wildman–Crippen LogP) is 3.28. The molecule has 18 heavy (non-hydrogen) atoms. The molecule has 1 atom stereocenters. The second-order valence-electron chi connectivity index (χ2n) is 5.97. The van der Waals surface area contributed by atoms with Crippen LogP contribution in [0.25, 0.3) is 0 Å². The van der Waals surface area contributed by atoms with Gasteiger partial charge in [-0.15, -0.1) is 0 Å². The molecule has 1 aliphatic carbocycles. The third-order valence-electron chi connectivity index (χ3n) is 4.59. The number of aryl methyl sites for hydroxylation is 2. The summed E-state index contributed by atoms with van der Waals surface area (Å²) >= 11 is 0. The molecule has 1 saturated carbocycles. The third kappa shape index (κ3) is 2.19. The van der Waals surface area contributed by atoms with Crippen molar-refractivity contribution >= 4 is 0 Å². The molecule has 2 nitrogen and oxygen atoms in total. The van der Waals surface area contributed by atoms with Crippen LogP contribution in [0.4, 0.5) is 0 Å². The Labute approximate surface area is 110 Å². The second kappa shape index (κ2) is 4.67. The Morgan fingerprint density at radius 3 is 2.67 bits per heavy atom. The van der Waals surface area contributed by atoms with Crippen molar-refractivity contribution in [3.8, 4) is 0 Å². The van der Waals surface area contributed by atoms with Gasteiger partial charge in [0.05, 0.1) is 11.7 Å². The zero-order valence-electron chi connectivity index (χ0n) is 11.5. The zero-order chi connectivity index (χ0) is 12.6. The molecule has 1 saturated heterocycles. The van der Waals surface area contributed by atoms with E-state index in [1.807, 2.05) is 0 Å². The lowest BCUT2D eigenvalue weighted by Crippen LogP contribution is -2.49. The number of hydrogen-bond acceptors (Lipinski definition) is 2. The second-order valence-corrected chi connectivity index (χ2v) is 5.97. The van der Waals surface area contributed by atoms with E-state index in [2.05, 4.69) is 37.4 Å². The fourth-order valence-corrected chi connectivity index (χ4v) is 3.28. The molecule has 1 unspecified atom stereocenters. The minimum absolute atomic E-state index is 0.127. The van der Waals surface area contributed by atoms with Crippen LogP contribution in [-0.2, 0) is 4.74 Å². The van der Waals surface area contributed by atoms with Gasteiger partial charge in [-0.2, -0.15) is 0 Å². The van der Waals surface area contributed by atoms with E-state index in [0.717, 1.165) is 13.1 Å². The predicted molar refractivity (Wildman–Crippen MR) is 73.8 cm³/mol. The number of benzene rings is 1. The van der Waals surface area contributed by atoms with Crippen molar-refractivity contribution in [2.24, 2.45) is 0 Å². The topological polar surface area (TPSA) is 21.3 Å². The Bertz CT molecular complexity index is 435. The van der Waals surface area contributed by atoms with Gasteiger partial charge in [0.2, 0.25) is 0 Å². The Kier molecular flexibility index (Phi) is 3.16. The lowest BCUT2D eigenvalue weighted by Gasteiger charge is -2.39. The Morgan fingerprint density at radius 2 is 1.94 bits per heavy atom. The average Bonchev–Trinajstić information content (AvgIpc) is 2.81. The van der Waals surface area contributed by atoms with Gasteiger partial charge in [-0.25, -0.2) is 0 Å². The van der Waals surface area contributed by atoms with E-state index in [1.54, 1.807) is 0 Å². The van der Waals surface area contributed by atoms with E-state index < -0.39 is 0 Å². The first kappa shape index (κ1) is 12.2.